The Morgan fingerprint density at radius 1 is 0.745 bits per heavy atom. The number of phenolic OH excluding ortho intramolecular Hbond substituents is 2. The molecule has 47 heavy (non-hydrogen) atoms. The number of esters is 2. The second-order valence-electron chi connectivity index (χ2n) is 11.2. The third kappa shape index (κ3) is 6.83. The molecule has 16 nitrogen and oxygen atoms in total. The van der Waals surface area contributed by atoms with E-state index < -0.39 is 95.7 Å². The van der Waals surface area contributed by atoms with E-state index in [0.717, 1.165) is 19.9 Å². The zero-order chi connectivity index (χ0) is 34.3. The molecule has 0 bridgehead atoms. The van der Waals surface area contributed by atoms with Gasteiger partial charge in [-0.25, -0.2) is 0 Å². The number of hydrogen-bond donors (Lipinski definition) is 6. The van der Waals surface area contributed by atoms with Crippen LogP contribution in [0.1, 0.15) is 27.7 Å². The summed E-state index contributed by atoms with van der Waals surface area (Å²) in [6.07, 6.45) is -14.2. The Bertz CT molecular complexity index is 1690. The second kappa shape index (κ2) is 13.3. The number of rotatable bonds is 7. The number of hydrogen-bond acceptors (Lipinski definition) is 16. The first-order valence-electron chi connectivity index (χ1n) is 14.5. The molecular weight excluding hydrogens is 628 g/mol. The molecule has 6 N–H and O–H groups in total. The zero-order valence-electron chi connectivity index (χ0n) is 25.5. The summed E-state index contributed by atoms with van der Waals surface area (Å²) in [6, 6.07) is 7.62. The first-order valence-corrected chi connectivity index (χ1v) is 14.5. The van der Waals surface area contributed by atoms with Crippen LogP contribution in [-0.2, 0) is 28.5 Å². The van der Waals surface area contributed by atoms with E-state index in [2.05, 4.69) is 0 Å². The van der Waals surface area contributed by atoms with Gasteiger partial charge in [-0.2, -0.15) is 0 Å². The Hall–Kier alpha value is -4.45. The fourth-order valence-electron chi connectivity index (χ4n) is 5.36. The molecule has 2 saturated heterocycles. The molecule has 0 unspecified atom stereocenters. The molecule has 254 valence electrons. The van der Waals surface area contributed by atoms with Crippen LogP contribution in [0.15, 0.2) is 45.6 Å². The molecule has 0 radical (unpaired) electrons. The molecule has 16 heteroatoms. The fraction of sp³-hybridized carbons (Fsp3) is 0.452. The van der Waals surface area contributed by atoms with E-state index in [1.165, 1.54) is 44.2 Å². The summed E-state index contributed by atoms with van der Waals surface area (Å²) >= 11 is 0. The number of phenols is 2. The van der Waals surface area contributed by atoms with Crippen LogP contribution >= 0.6 is 0 Å². The van der Waals surface area contributed by atoms with E-state index in [1.807, 2.05) is 0 Å². The van der Waals surface area contributed by atoms with Gasteiger partial charge in [-0.1, -0.05) is 0 Å². The van der Waals surface area contributed by atoms with Crippen molar-refractivity contribution in [1.82, 2.24) is 0 Å². The van der Waals surface area contributed by atoms with Gasteiger partial charge in [0.2, 0.25) is 23.8 Å². The standard InChI is InChI=1S/C31H34O16/c1-11-21(36)23(38)24(39)30(41-11)45-17-9-18(35)20-19(10-17)46-27(15-5-7-16(34)8-6-15)28(22(20)37)47-31-29(44-14(4)33)25(40)26(12(2)42-31)43-13(3)32/h5-12,21,23-26,29-31,34-36,38-40H,1-4H3/t11-,12-,21-,23+,24-,25+,26-,29+,30+,31-/m0/s1. The molecule has 2 aliphatic heterocycles. The number of carbonyl (C=O) groups is 2. The lowest BCUT2D eigenvalue weighted by Gasteiger charge is -2.41. The highest BCUT2D eigenvalue weighted by Gasteiger charge is 2.49. The minimum absolute atomic E-state index is 0.112. The SMILES string of the molecule is CC(=O)O[C@@H]1[C@@H](O)[C@@H](OC(C)=O)[C@H](Oc2c(-c3ccc(O)cc3)oc3cc(O[C@H]4O[C@@H](C)[C@H](O)[C@@H](O)[C@@H]4O)cc(O)c3c2=O)O[C@H]1C. The van der Waals surface area contributed by atoms with Gasteiger partial charge in [-0.05, 0) is 38.1 Å². The van der Waals surface area contributed by atoms with Gasteiger partial charge in [0.15, 0.2) is 18.0 Å². The van der Waals surface area contributed by atoms with Crippen LogP contribution in [0.25, 0.3) is 22.3 Å². The lowest BCUT2D eigenvalue weighted by molar-refractivity contribution is -0.277. The quantitative estimate of drug-likeness (QED) is 0.188. The maximum Gasteiger partial charge on any atom is 0.303 e. The van der Waals surface area contributed by atoms with E-state index in [9.17, 15) is 45.0 Å². The third-order valence-corrected chi connectivity index (χ3v) is 7.69. The topological polar surface area (TPSA) is 241 Å². The number of ether oxygens (including phenoxy) is 6. The zero-order valence-corrected chi connectivity index (χ0v) is 25.5. The molecule has 0 saturated carbocycles. The van der Waals surface area contributed by atoms with Crippen molar-refractivity contribution in [3.8, 4) is 34.3 Å². The molecule has 2 aromatic carbocycles. The van der Waals surface area contributed by atoms with Gasteiger partial charge in [0.05, 0.1) is 12.2 Å². The molecule has 3 aromatic rings. The Labute approximate surface area is 266 Å². The normalized spacial score (nSPS) is 30.8. The van der Waals surface area contributed by atoms with E-state index in [4.69, 9.17) is 32.8 Å². The third-order valence-electron chi connectivity index (χ3n) is 7.69. The van der Waals surface area contributed by atoms with Crippen molar-refractivity contribution in [2.24, 2.45) is 0 Å². The van der Waals surface area contributed by atoms with Gasteiger partial charge in [0.1, 0.15) is 52.6 Å². The van der Waals surface area contributed by atoms with Crippen LogP contribution in [0, 0.1) is 0 Å². The summed E-state index contributed by atoms with van der Waals surface area (Å²) < 4.78 is 39.3. The van der Waals surface area contributed by atoms with Crippen LogP contribution in [0.4, 0.5) is 0 Å². The van der Waals surface area contributed by atoms with Gasteiger partial charge in [-0.15, -0.1) is 0 Å². The predicted molar refractivity (Wildman–Crippen MR) is 156 cm³/mol. The predicted octanol–water partition coefficient (Wildman–Crippen LogP) is 0.425. The smallest absolute Gasteiger partial charge is 0.303 e. The summed E-state index contributed by atoms with van der Waals surface area (Å²) in [5.41, 5.74) is -0.969. The van der Waals surface area contributed by atoms with Crippen molar-refractivity contribution >= 4 is 22.9 Å². The van der Waals surface area contributed by atoms with Crippen LogP contribution in [-0.4, -0.2) is 104 Å². The van der Waals surface area contributed by atoms with E-state index in [1.54, 1.807) is 0 Å². The van der Waals surface area contributed by atoms with Gasteiger partial charge >= 0.3 is 11.9 Å². The van der Waals surface area contributed by atoms with Crippen LogP contribution in [0.3, 0.4) is 0 Å². The molecule has 1 aromatic heterocycles. The second-order valence-corrected chi connectivity index (χ2v) is 11.2. The molecular formula is C31H34O16. The minimum Gasteiger partial charge on any atom is -0.508 e. The summed E-state index contributed by atoms with van der Waals surface area (Å²) in [5.74, 6) is -3.29. The van der Waals surface area contributed by atoms with Crippen molar-refractivity contribution in [2.45, 2.75) is 89.1 Å². The Kier molecular flexibility index (Phi) is 9.63. The van der Waals surface area contributed by atoms with Crippen LogP contribution < -0.4 is 14.9 Å². The lowest BCUT2D eigenvalue weighted by atomic mass is 9.99. The molecule has 3 heterocycles. The Morgan fingerprint density at radius 2 is 1.36 bits per heavy atom. The number of aliphatic hydroxyl groups is 4. The van der Waals surface area contributed by atoms with Crippen molar-refractivity contribution in [3.63, 3.8) is 0 Å². The summed E-state index contributed by atoms with van der Waals surface area (Å²) in [5, 5.41) is 62.0. The van der Waals surface area contributed by atoms with Gasteiger partial charge in [0.25, 0.3) is 0 Å². The Morgan fingerprint density at radius 3 is 2.00 bits per heavy atom. The maximum absolute atomic E-state index is 14.0. The molecule has 5 rings (SSSR count). The number of aromatic hydroxyl groups is 2. The summed E-state index contributed by atoms with van der Waals surface area (Å²) in [4.78, 5) is 37.6. The number of carbonyl (C=O) groups excluding carboxylic acids is 2. The van der Waals surface area contributed by atoms with Gasteiger partial charge in [-0.3, -0.25) is 14.4 Å². The number of aliphatic hydroxyl groups excluding tert-OH is 4. The first-order chi connectivity index (χ1) is 22.2. The van der Waals surface area contributed by atoms with Gasteiger partial charge < -0.3 is 63.5 Å². The summed E-state index contributed by atoms with van der Waals surface area (Å²) in [7, 11) is 0. The minimum atomic E-state index is -1.67. The highest BCUT2D eigenvalue weighted by molar-refractivity contribution is 5.88. The summed E-state index contributed by atoms with van der Waals surface area (Å²) in [6.45, 7) is 5.10. The highest BCUT2D eigenvalue weighted by Crippen LogP contribution is 2.39. The largest absolute Gasteiger partial charge is 0.508 e. The van der Waals surface area contributed by atoms with Gasteiger partial charge in [0, 0.05) is 31.5 Å². The highest BCUT2D eigenvalue weighted by atomic mass is 16.7. The molecule has 0 spiro atoms. The molecule has 0 aliphatic carbocycles. The Balaban J connectivity index is 1.59. The monoisotopic (exact) mass is 662 g/mol. The average molecular weight is 663 g/mol. The fourth-order valence-corrected chi connectivity index (χ4v) is 5.36. The molecule has 2 aliphatic rings. The first kappa shape index (κ1) is 33.9. The maximum atomic E-state index is 14.0. The molecule has 0 amide bonds. The van der Waals surface area contributed by atoms with E-state index in [0.29, 0.717) is 0 Å². The van der Waals surface area contributed by atoms with Crippen molar-refractivity contribution < 1.29 is 73.1 Å². The average Bonchev–Trinajstić information content (AvgIpc) is 3.00. The molecule has 10 atom stereocenters. The van der Waals surface area contributed by atoms with Crippen molar-refractivity contribution in [3.05, 3.63) is 46.6 Å². The van der Waals surface area contributed by atoms with Crippen LogP contribution in [0.5, 0.6) is 23.0 Å². The molecule has 2 fully saturated rings. The van der Waals surface area contributed by atoms with Crippen LogP contribution in [0.2, 0.25) is 0 Å². The van der Waals surface area contributed by atoms with E-state index in [-0.39, 0.29) is 28.4 Å². The van der Waals surface area contributed by atoms with Crippen molar-refractivity contribution in [1.29, 1.82) is 0 Å². The van der Waals surface area contributed by atoms with Crippen molar-refractivity contribution in [2.75, 3.05) is 0 Å². The number of fused-ring (bicyclic) bond motifs is 1. The lowest BCUT2D eigenvalue weighted by Crippen LogP contribution is -2.60. The number of benzene rings is 2. The van der Waals surface area contributed by atoms with E-state index >= 15 is 0 Å².